The van der Waals surface area contributed by atoms with Crippen LogP contribution >= 0.6 is 0 Å². The monoisotopic (exact) mass is 659 g/mol. The van der Waals surface area contributed by atoms with Crippen molar-refractivity contribution >= 4 is 21.8 Å². The summed E-state index contributed by atoms with van der Waals surface area (Å²) >= 11 is 0. The lowest BCUT2D eigenvalue weighted by molar-refractivity contribution is -0.141. The molecule has 4 aromatic rings. The van der Waals surface area contributed by atoms with Gasteiger partial charge in [-0.15, -0.1) is 0 Å². The smallest absolute Gasteiger partial charge is 0.247 e. The molecule has 1 N–H and O–H groups in total. The summed E-state index contributed by atoms with van der Waals surface area (Å²) in [5.74, 6) is 0.914. The molecule has 0 aliphatic carbocycles. The molecule has 0 saturated carbocycles. The molecule has 0 fully saturated rings. The fourth-order valence-corrected chi connectivity index (χ4v) is 5.87. The molecule has 0 saturated heterocycles. The van der Waals surface area contributed by atoms with Crippen molar-refractivity contribution < 1.29 is 32.2 Å². The normalized spacial score (nSPS) is 11.9. The van der Waals surface area contributed by atoms with Crippen LogP contribution in [-0.2, 0) is 39.1 Å². The van der Waals surface area contributed by atoms with Crippen LogP contribution in [0.1, 0.15) is 28.3 Å². The lowest BCUT2D eigenvalue weighted by Crippen LogP contribution is -2.48. The third kappa shape index (κ3) is 9.81. The molecule has 4 rings (SSSR count). The first-order valence-electron chi connectivity index (χ1n) is 15.1. The van der Waals surface area contributed by atoms with Crippen LogP contribution in [-0.4, -0.2) is 70.1 Å². The van der Waals surface area contributed by atoms with Gasteiger partial charge in [0.15, 0.2) is 11.5 Å². The number of benzene rings is 4. The number of hydrogen-bond donors (Lipinski definition) is 1. The SMILES string of the molecule is COc1ccc(CN(C(=O)CN(Cc2ccccc2)S(C)(=O)=O)[C@@H](C(=O)NCCc2ccc(OC)c(OC)c2)c2ccccc2)cc1. The van der Waals surface area contributed by atoms with E-state index in [2.05, 4.69) is 5.32 Å². The second kappa shape index (κ2) is 16.6. The van der Waals surface area contributed by atoms with Crippen molar-refractivity contribution in [2.24, 2.45) is 0 Å². The number of hydrogen-bond acceptors (Lipinski definition) is 7. The van der Waals surface area contributed by atoms with Gasteiger partial charge in [-0.3, -0.25) is 9.59 Å². The molecule has 2 amide bonds. The largest absolute Gasteiger partial charge is 0.497 e. The van der Waals surface area contributed by atoms with E-state index in [1.807, 2.05) is 48.5 Å². The summed E-state index contributed by atoms with van der Waals surface area (Å²) in [6, 6.07) is 29.7. The van der Waals surface area contributed by atoms with Gasteiger partial charge in [-0.2, -0.15) is 4.31 Å². The molecule has 0 heterocycles. The third-order valence-corrected chi connectivity index (χ3v) is 8.85. The van der Waals surface area contributed by atoms with Gasteiger partial charge in [-0.05, 0) is 52.9 Å². The number of rotatable bonds is 16. The predicted octanol–water partition coefficient (Wildman–Crippen LogP) is 4.60. The molecule has 0 radical (unpaired) electrons. The minimum Gasteiger partial charge on any atom is -0.497 e. The number of carbonyl (C=O) groups is 2. The number of ether oxygens (including phenoxy) is 3. The zero-order valence-corrected chi connectivity index (χ0v) is 27.9. The molecule has 248 valence electrons. The first-order valence-corrected chi connectivity index (χ1v) is 16.9. The van der Waals surface area contributed by atoms with Crippen molar-refractivity contribution in [2.45, 2.75) is 25.6 Å². The van der Waals surface area contributed by atoms with Gasteiger partial charge in [0.25, 0.3) is 0 Å². The number of nitrogens with zero attached hydrogens (tertiary/aromatic N) is 2. The molecule has 0 aliphatic heterocycles. The van der Waals surface area contributed by atoms with Crippen molar-refractivity contribution in [3.8, 4) is 17.2 Å². The number of amides is 2. The van der Waals surface area contributed by atoms with Gasteiger partial charge in [-0.1, -0.05) is 78.9 Å². The van der Waals surface area contributed by atoms with Gasteiger partial charge in [-0.25, -0.2) is 8.42 Å². The fourth-order valence-electron chi connectivity index (χ4n) is 5.14. The van der Waals surface area contributed by atoms with Crippen molar-refractivity contribution in [3.63, 3.8) is 0 Å². The maximum Gasteiger partial charge on any atom is 0.247 e. The number of methoxy groups -OCH3 is 3. The van der Waals surface area contributed by atoms with Crippen LogP contribution < -0.4 is 19.5 Å². The summed E-state index contributed by atoms with van der Waals surface area (Å²) < 4.78 is 43.0. The van der Waals surface area contributed by atoms with E-state index < -0.39 is 34.4 Å². The Balaban J connectivity index is 1.65. The van der Waals surface area contributed by atoms with Gasteiger partial charge >= 0.3 is 0 Å². The summed E-state index contributed by atoms with van der Waals surface area (Å²) in [5.41, 5.74) is 2.99. The Morgan fingerprint density at radius 3 is 1.91 bits per heavy atom. The Hall–Kier alpha value is -4.87. The minimum atomic E-state index is -3.79. The highest BCUT2D eigenvalue weighted by atomic mass is 32.2. The number of carbonyl (C=O) groups excluding carboxylic acids is 2. The van der Waals surface area contributed by atoms with Crippen LogP contribution in [0.3, 0.4) is 0 Å². The molecule has 1 atom stereocenters. The maximum atomic E-state index is 14.3. The molecule has 0 aromatic heterocycles. The highest BCUT2D eigenvalue weighted by Crippen LogP contribution is 2.28. The molecule has 47 heavy (non-hydrogen) atoms. The quantitative estimate of drug-likeness (QED) is 0.187. The van der Waals surface area contributed by atoms with E-state index in [-0.39, 0.29) is 19.6 Å². The van der Waals surface area contributed by atoms with Crippen LogP contribution in [0.4, 0.5) is 0 Å². The van der Waals surface area contributed by atoms with Gasteiger partial charge in [0, 0.05) is 19.6 Å². The van der Waals surface area contributed by atoms with Gasteiger partial charge in [0.1, 0.15) is 11.8 Å². The van der Waals surface area contributed by atoms with Crippen LogP contribution in [0, 0.1) is 0 Å². The highest BCUT2D eigenvalue weighted by molar-refractivity contribution is 7.88. The van der Waals surface area contributed by atoms with Crippen LogP contribution in [0.2, 0.25) is 0 Å². The summed E-state index contributed by atoms with van der Waals surface area (Å²) in [6.07, 6.45) is 1.57. The van der Waals surface area contributed by atoms with Crippen molar-refractivity contribution in [3.05, 3.63) is 125 Å². The maximum absolute atomic E-state index is 14.3. The van der Waals surface area contributed by atoms with Gasteiger partial charge in [0.2, 0.25) is 21.8 Å². The first-order chi connectivity index (χ1) is 22.6. The van der Waals surface area contributed by atoms with E-state index >= 15 is 0 Å². The third-order valence-electron chi connectivity index (χ3n) is 7.65. The minimum absolute atomic E-state index is 0.00924. The molecular weight excluding hydrogens is 618 g/mol. The molecule has 4 aromatic carbocycles. The zero-order chi connectivity index (χ0) is 33.8. The van der Waals surface area contributed by atoms with Crippen molar-refractivity contribution in [2.75, 3.05) is 40.7 Å². The van der Waals surface area contributed by atoms with Crippen molar-refractivity contribution in [1.82, 2.24) is 14.5 Å². The first kappa shape index (κ1) is 35.0. The average molecular weight is 660 g/mol. The summed E-state index contributed by atoms with van der Waals surface area (Å²) in [7, 11) is 0.904. The molecular formula is C36H41N3O7S. The number of nitrogens with one attached hydrogen (secondary N) is 1. The molecule has 10 nitrogen and oxygen atoms in total. The average Bonchev–Trinajstić information content (AvgIpc) is 3.08. The van der Waals surface area contributed by atoms with Crippen molar-refractivity contribution in [1.29, 1.82) is 0 Å². The second-order valence-corrected chi connectivity index (χ2v) is 12.9. The van der Waals surface area contributed by atoms with E-state index in [1.54, 1.807) is 75.9 Å². The topological polar surface area (TPSA) is 114 Å². The molecule has 0 spiro atoms. The van der Waals surface area contributed by atoms with Gasteiger partial charge in [0.05, 0.1) is 34.1 Å². The van der Waals surface area contributed by atoms with E-state index in [0.717, 1.165) is 27.3 Å². The van der Waals surface area contributed by atoms with E-state index in [4.69, 9.17) is 14.2 Å². The standard InChI is InChI=1S/C36H41N3O7S/c1-44-31-18-15-29(16-19-31)25-39(34(40)26-38(47(4,42)43)24-28-11-7-5-8-12-28)35(30-13-9-6-10-14-30)36(41)37-22-21-27-17-20-32(45-2)33(23-27)46-3/h5-20,23,35H,21-22,24-26H2,1-4H3,(H,37,41)/t35-/m1/s1. The van der Waals surface area contributed by atoms with Crippen LogP contribution in [0.5, 0.6) is 17.2 Å². The van der Waals surface area contributed by atoms with E-state index in [9.17, 15) is 18.0 Å². The lowest BCUT2D eigenvalue weighted by atomic mass is 10.0. The Morgan fingerprint density at radius 2 is 1.32 bits per heavy atom. The lowest BCUT2D eigenvalue weighted by Gasteiger charge is -2.33. The molecule has 0 bridgehead atoms. The Morgan fingerprint density at radius 1 is 0.723 bits per heavy atom. The van der Waals surface area contributed by atoms with Gasteiger partial charge < -0.3 is 24.4 Å². The highest BCUT2D eigenvalue weighted by Gasteiger charge is 2.33. The van der Waals surface area contributed by atoms with Crippen LogP contribution in [0.25, 0.3) is 0 Å². The Bertz CT molecular complexity index is 1720. The van der Waals surface area contributed by atoms with Crippen LogP contribution in [0.15, 0.2) is 103 Å². The summed E-state index contributed by atoms with van der Waals surface area (Å²) in [5, 5.41) is 3.00. The number of sulfonamides is 1. The summed E-state index contributed by atoms with van der Waals surface area (Å²) in [6.45, 7) is -0.110. The Kier molecular flexibility index (Phi) is 12.4. The molecule has 0 unspecified atom stereocenters. The predicted molar refractivity (Wildman–Crippen MR) is 181 cm³/mol. The molecule has 11 heteroatoms. The fraction of sp³-hybridized carbons (Fsp3) is 0.278. The zero-order valence-electron chi connectivity index (χ0n) is 27.1. The summed E-state index contributed by atoms with van der Waals surface area (Å²) in [4.78, 5) is 29.8. The van der Waals surface area contributed by atoms with E-state index in [1.165, 1.54) is 4.90 Å². The molecule has 0 aliphatic rings. The second-order valence-electron chi connectivity index (χ2n) is 10.9. The Labute approximate surface area is 276 Å². The van der Waals surface area contributed by atoms with E-state index in [0.29, 0.717) is 29.2 Å².